The van der Waals surface area contributed by atoms with Crippen molar-refractivity contribution in [2.75, 3.05) is 11.1 Å². The van der Waals surface area contributed by atoms with Gasteiger partial charge in [0.25, 0.3) is 0 Å². The third-order valence-electron chi connectivity index (χ3n) is 4.15. The minimum Gasteiger partial charge on any atom is -0.302 e. The van der Waals surface area contributed by atoms with Crippen LogP contribution in [0.2, 0.25) is 10.0 Å². The molecule has 2 aromatic carbocycles. The summed E-state index contributed by atoms with van der Waals surface area (Å²) in [6.45, 7) is 1.88. The summed E-state index contributed by atoms with van der Waals surface area (Å²) in [6.07, 6.45) is 2.04. The Morgan fingerprint density at radius 1 is 1.14 bits per heavy atom. The average Bonchev–Trinajstić information content (AvgIpc) is 3.10. The van der Waals surface area contributed by atoms with Crippen LogP contribution >= 0.6 is 34.5 Å². The summed E-state index contributed by atoms with van der Waals surface area (Å²) in [5.74, 6) is -0.666. The van der Waals surface area contributed by atoms with Crippen LogP contribution in [0.4, 0.5) is 5.13 Å². The molecule has 1 heterocycles. The van der Waals surface area contributed by atoms with E-state index in [1.807, 2.05) is 6.92 Å². The second kappa shape index (κ2) is 9.26. The van der Waals surface area contributed by atoms with E-state index in [0.29, 0.717) is 21.6 Å². The largest absolute Gasteiger partial charge is 0.302 e. The Labute approximate surface area is 183 Å². The van der Waals surface area contributed by atoms with Crippen LogP contribution in [-0.2, 0) is 21.1 Å². The third-order valence-corrected chi connectivity index (χ3v) is 7.40. The van der Waals surface area contributed by atoms with Crippen molar-refractivity contribution in [3.63, 3.8) is 0 Å². The number of benzene rings is 2. The fraction of sp³-hybridized carbons (Fsp3) is 0.200. The van der Waals surface area contributed by atoms with E-state index in [9.17, 15) is 13.2 Å². The molecule has 0 saturated carbocycles. The van der Waals surface area contributed by atoms with Crippen molar-refractivity contribution in [1.82, 2.24) is 4.98 Å². The van der Waals surface area contributed by atoms with Crippen LogP contribution in [0.1, 0.15) is 22.4 Å². The lowest BCUT2D eigenvalue weighted by Gasteiger charge is -2.05. The van der Waals surface area contributed by atoms with E-state index < -0.39 is 15.7 Å². The Hall–Kier alpha value is -1.93. The molecule has 0 saturated heterocycles. The Kier molecular flexibility index (Phi) is 6.95. The van der Waals surface area contributed by atoms with Crippen LogP contribution < -0.4 is 5.32 Å². The zero-order valence-electron chi connectivity index (χ0n) is 15.5. The van der Waals surface area contributed by atoms with Crippen molar-refractivity contribution in [1.29, 1.82) is 0 Å². The molecule has 0 aliphatic rings. The first-order valence-electron chi connectivity index (χ1n) is 8.71. The number of rotatable bonds is 7. The molecular formula is C20H18Cl2N2O3S2. The van der Waals surface area contributed by atoms with E-state index in [4.69, 9.17) is 23.2 Å². The number of carbonyl (C=O) groups excluding carboxylic acids is 1. The maximum Gasteiger partial charge on any atom is 0.227 e. The summed E-state index contributed by atoms with van der Waals surface area (Å²) in [5, 5.41) is 4.27. The summed E-state index contributed by atoms with van der Waals surface area (Å²) in [5.41, 5.74) is 1.84. The monoisotopic (exact) mass is 468 g/mol. The maximum absolute atomic E-state index is 12.4. The predicted octanol–water partition coefficient (Wildman–Crippen LogP) is 5.15. The zero-order chi connectivity index (χ0) is 21.0. The SMILES string of the molecule is Cc1ccc(S(=O)(=O)CCC(=O)Nc2ncc(Cc3cc(Cl)ccc3Cl)s2)cc1. The van der Waals surface area contributed by atoms with E-state index in [1.165, 1.54) is 11.3 Å². The number of thiazole rings is 1. The van der Waals surface area contributed by atoms with Crippen molar-refractivity contribution >= 4 is 55.4 Å². The van der Waals surface area contributed by atoms with Crippen LogP contribution in [0.15, 0.2) is 53.6 Å². The molecule has 0 bridgehead atoms. The van der Waals surface area contributed by atoms with Gasteiger partial charge < -0.3 is 5.32 Å². The molecule has 0 fully saturated rings. The number of nitrogens with zero attached hydrogens (tertiary/aromatic N) is 1. The van der Waals surface area contributed by atoms with Gasteiger partial charge in [-0.25, -0.2) is 13.4 Å². The Morgan fingerprint density at radius 2 is 1.86 bits per heavy atom. The highest BCUT2D eigenvalue weighted by Crippen LogP contribution is 2.27. The van der Waals surface area contributed by atoms with Crippen LogP contribution in [-0.4, -0.2) is 25.1 Å². The van der Waals surface area contributed by atoms with Crippen molar-refractivity contribution in [3.05, 3.63) is 74.7 Å². The quantitative estimate of drug-likeness (QED) is 0.519. The molecule has 0 aliphatic carbocycles. The van der Waals surface area contributed by atoms with E-state index in [1.54, 1.807) is 48.7 Å². The molecule has 152 valence electrons. The average molecular weight is 469 g/mol. The van der Waals surface area contributed by atoms with Gasteiger partial charge in [0, 0.05) is 34.0 Å². The first kappa shape index (κ1) is 21.8. The van der Waals surface area contributed by atoms with Gasteiger partial charge in [-0.3, -0.25) is 4.79 Å². The van der Waals surface area contributed by atoms with Gasteiger partial charge in [-0.2, -0.15) is 0 Å². The second-order valence-corrected chi connectivity index (χ2v) is 10.5. The highest BCUT2D eigenvalue weighted by molar-refractivity contribution is 7.91. The molecule has 29 heavy (non-hydrogen) atoms. The van der Waals surface area contributed by atoms with Crippen LogP contribution in [0.25, 0.3) is 0 Å². The topological polar surface area (TPSA) is 76.1 Å². The molecule has 3 aromatic rings. The molecule has 0 atom stereocenters. The molecule has 1 aromatic heterocycles. The smallest absolute Gasteiger partial charge is 0.227 e. The summed E-state index contributed by atoms with van der Waals surface area (Å²) in [7, 11) is -3.51. The molecular weight excluding hydrogens is 451 g/mol. The highest BCUT2D eigenvalue weighted by atomic mass is 35.5. The van der Waals surface area contributed by atoms with Crippen molar-refractivity contribution in [2.45, 2.75) is 24.7 Å². The fourth-order valence-corrected chi connectivity index (χ4v) is 5.06. The molecule has 0 unspecified atom stereocenters. The van der Waals surface area contributed by atoms with Gasteiger partial charge in [0.2, 0.25) is 5.91 Å². The molecule has 1 amide bonds. The lowest BCUT2D eigenvalue weighted by molar-refractivity contribution is -0.115. The first-order valence-corrected chi connectivity index (χ1v) is 11.9. The van der Waals surface area contributed by atoms with Crippen molar-refractivity contribution in [2.24, 2.45) is 0 Å². The van der Waals surface area contributed by atoms with Gasteiger partial charge in [-0.1, -0.05) is 40.9 Å². The number of aryl methyl sites for hydroxylation is 1. The number of anilines is 1. The molecule has 0 radical (unpaired) electrons. The Morgan fingerprint density at radius 3 is 2.59 bits per heavy atom. The minimum atomic E-state index is -3.51. The van der Waals surface area contributed by atoms with Crippen LogP contribution in [0, 0.1) is 6.92 Å². The Bertz CT molecular complexity index is 1130. The zero-order valence-corrected chi connectivity index (χ0v) is 18.6. The summed E-state index contributed by atoms with van der Waals surface area (Å²) in [6, 6.07) is 11.8. The van der Waals surface area contributed by atoms with Gasteiger partial charge in [-0.15, -0.1) is 11.3 Å². The summed E-state index contributed by atoms with van der Waals surface area (Å²) < 4.78 is 24.7. The van der Waals surface area contributed by atoms with E-state index in [-0.39, 0.29) is 17.1 Å². The van der Waals surface area contributed by atoms with Gasteiger partial charge in [0.15, 0.2) is 15.0 Å². The van der Waals surface area contributed by atoms with Crippen molar-refractivity contribution in [3.8, 4) is 0 Å². The van der Waals surface area contributed by atoms with Crippen molar-refractivity contribution < 1.29 is 13.2 Å². The van der Waals surface area contributed by atoms with Gasteiger partial charge in [-0.05, 0) is 42.8 Å². The second-order valence-electron chi connectivity index (χ2n) is 6.47. The standard InChI is InChI=1S/C20H18Cl2N2O3S2/c1-13-2-5-17(6-3-13)29(26,27)9-8-19(25)24-20-23-12-16(28-20)11-14-10-15(21)4-7-18(14)22/h2-7,10,12H,8-9,11H2,1H3,(H,23,24,25). The Balaban J connectivity index is 1.57. The van der Waals surface area contributed by atoms with Crippen LogP contribution in [0.5, 0.6) is 0 Å². The summed E-state index contributed by atoms with van der Waals surface area (Å²) >= 11 is 13.5. The highest BCUT2D eigenvalue weighted by Gasteiger charge is 2.17. The van der Waals surface area contributed by atoms with Crippen LogP contribution in [0.3, 0.4) is 0 Å². The third kappa shape index (κ3) is 6.02. The lowest BCUT2D eigenvalue weighted by atomic mass is 10.1. The van der Waals surface area contributed by atoms with Gasteiger partial charge in [0.1, 0.15) is 0 Å². The number of nitrogens with one attached hydrogen (secondary N) is 1. The number of sulfone groups is 1. The maximum atomic E-state index is 12.4. The normalized spacial score (nSPS) is 11.4. The number of amides is 1. The first-order chi connectivity index (χ1) is 13.7. The number of carbonyl (C=O) groups is 1. The number of aromatic nitrogens is 1. The van der Waals surface area contributed by atoms with E-state index in [2.05, 4.69) is 10.3 Å². The lowest BCUT2D eigenvalue weighted by Crippen LogP contribution is -2.17. The van der Waals surface area contributed by atoms with E-state index >= 15 is 0 Å². The predicted molar refractivity (Wildman–Crippen MR) is 118 cm³/mol. The summed E-state index contributed by atoms with van der Waals surface area (Å²) in [4.78, 5) is 17.5. The number of hydrogen-bond donors (Lipinski definition) is 1. The molecule has 5 nitrogen and oxygen atoms in total. The fourth-order valence-electron chi connectivity index (χ4n) is 2.59. The molecule has 9 heteroatoms. The molecule has 0 aliphatic heterocycles. The van der Waals surface area contributed by atoms with E-state index in [0.717, 1.165) is 16.0 Å². The number of halogens is 2. The number of hydrogen-bond acceptors (Lipinski definition) is 5. The van der Waals surface area contributed by atoms with Gasteiger partial charge in [0.05, 0.1) is 10.6 Å². The molecule has 3 rings (SSSR count). The van der Waals surface area contributed by atoms with Gasteiger partial charge >= 0.3 is 0 Å². The molecule has 0 spiro atoms. The minimum absolute atomic E-state index is 0.148. The molecule has 1 N–H and O–H groups in total.